The molecular weight excluding hydrogens is 392 g/mol. The maximum atomic E-state index is 6.81. The van der Waals surface area contributed by atoms with Crippen molar-refractivity contribution in [3.05, 3.63) is 82.8 Å². The van der Waals surface area contributed by atoms with E-state index in [4.69, 9.17) is 9.40 Å². The Labute approximate surface area is 188 Å². The van der Waals surface area contributed by atoms with Gasteiger partial charge in [0.2, 0.25) is 5.69 Å². The van der Waals surface area contributed by atoms with Crippen LogP contribution in [0.15, 0.2) is 59.3 Å². The molecule has 0 saturated carbocycles. The molecule has 0 spiro atoms. The number of pyridine rings is 2. The van der Waals surface area contributed by atoms with Gasteiger partial charge in [0, 0.05) is 45.1 Å². The van der Waals surface area contributed by atoms with Crippen LogP contribution in [0.1, 0.15) is 41.8 Å². The van der Waals surface area contributed by atoms with Gasteiger partial charge in [-0.1, -0.05) is 24.3 Å². The first-order valence-corrected chi connectivity index (χ1v) is 11.2. The number of hydrogen-bond donors (Lipinski definition) is 0. The summed E-state index contributed by atoms with van der Waals surface area (Å²) in [7, 11) is 2.12. The highest BCUT2D eigenvalue weighted by Crippen LogP contribution is 2.52. The van der Waals surface area contributed by atoms with Gasteiger partial charge in [-0.05, 0) is 63.4 Å². The zero-order valence-corrected chi connectivity index (χ0v) is 19.5. The standard InChI is InChI=1S/C29H27N2O/c1-16-9-10-20-21-12-11-19-22-8-7-13-30-28(22)29(4,5)25(19)27(21)32-26(20)24(16)23-14-17(2)18(3)15-31(23)6/h7-15H,1-6H3/q+1. The quantitative estimate of drug-likeness (QED) is 0.283. The minimum absolute atomic E-state index is 0.209. The first kappa shape index (κ1) is 19.2. The summed E-state index contributed by atoms with van der Waals surface area (Å²) in [6.45, 7) is 11.0. The van der Waals surface area contributed by atoms with Crippen molar-refractivity contribution in [1.82, 2.24) is 4.98 Å². The molecule has 0 atom stereocenters. The number of aryl methyl sites for hydroxylation is 4. The van der Waals surface area contributed by atoms with Gasteiger partial charge >= 0.3 is 0 Å². The highest BCUT2D eigenvalue weighted by Gasteiger charge is 2.40. The Morgan fingerprint density at radius 3 is 2.41 bits per heavy atom. The highest BCUT2D eigenvalue weighted by molar-refractivity contribution is 6.12. The summed E-state index contributed by atoms with van der Waals surface area (Å²) in [4.78, 5) is 4.75. The third-order valence-corrected chi connectivity index (χ3v) is 7.33. The van der Waals surface area contributed by atoms with E-state index in [1.165, 1.54) is 55.4 Å². The van der Waals surface area contributed by atoms with Gasteiger partial charge in [0.05, 0.1) is 11.3 Å². The average Bonchev–Trinajstić information content (AvgIpc) is 3.24. The monoisotopic (exact) mass is 419 g/mol. The SMILES string of the molecule is Cc1cc(-c2c(C)ccc3c2oc2c4c(ccc23)-c2cccnc2C4(C)C)[n+](C)cc1C. The van der Waals surface area contributed by atoms with Crippen molar-refractivity contribution in [2.45, 2.75) is 40.0 Å². The molecule has 0 bridgehead atoms. The topological polar surface area (TPSA) is 29.9 Å². The van der Waals surface area contributed by atoms with Crippen molar-refractivity contribution in [3.63, 3.8) is 0 Å². The van der Waals surface area contributed by atoms with E-state index < -0.39 is 0 Å². The molecular formula is C29H27N2O+. The van der Waals surface area contributed by atoms with Crippen LogP contribution in [-0.4, -0.2) is 4.98 Å². The predicted molar refractivity (Wildman–Crippen MR) is 130 cm³/mol. The van der Waals surface area contributed by atoms with Crippen molar-refractivity contribution in [2.24, 2.45) is 7.05 Å². The van der Waals surface area contributed by atoms with Crippen LogP contribution in [0, 0.1) is 20.8 Å². The minimum atomic E-state index is -0.209. The van der Waals surface area contributed by atoms with Crippen molar-refractivity contribution in [1.29, 1.82) is 0 Å². The zero-order chi connectivity index (χ0) is 22.4. The van der Waals surface area contributed by atoms with E-state index >= 15 is 0 Å². The van der Waals surface area contributed by atoms with Gasteiger partial charge in [0.15, 0.2) is 6.20 Å². The normalized spacial score (nSPS) is 14.2. The number of benzene rings is 2. The molecule has 158 valence electrons. The Hall–Kier alpha value is -3.46. The Bertz CT molecular complexity index is 1590. The molecule has 1 aliphatic carbocycles. The molecule has 32 heavy (non-hydrogen) atoms. The first-order chi connectivity index (χ1) is 15.3. The largest absolute Gasteiger partial charge is 0.455 e. The molecule has 0 aliphatic heterocycles. The van der Waals surface area contributed by atoms with Crippen LogP contribution in [0.25, 0.3) is 44.3 Å². The van der Waals surface area contributed by atoms with E-state index in [9.17, 15) is 0 Å². The smallest absolute Gasteiger partial charge is 0.216 e. The lowest BCUT2D eigenvalue weighted by molar-refractivity contribution is -0.660. The average molecular weight is 420 g/mol. The Morgan fingerprint density at radius 2 is 1.59 bits per heavy atom. The van der Waals surface area contributed by atoms with E-state index in [1.807, 2.05) is 12.3 Å². The molecule has 0 N–H and O–H groups in total. The van der Waals surface area contributed by atoms with Crippen LogP contribution in [0.2, 0.25) is 0 Å². The van der Waals surface area contributed by atoms with Gasteiger partial charge < -0.3 is 4.42 Å². The number of nitrogens with zero attached hydrogens (tertiary/aromatic N) is 2. The van der Waals surface area contributed by atoms with Crippen LogP contribution < -0.4 is 4.57 Å². The molecule has 0 amide bonds. The van der Waals surface area contributed by atoms with Crippen LogP contribution in [-0.2, 0) is 12.5 Å². The third-order valence-electron chi connectivity index (χ3n) is 7.33. The van der Waals surface area contributed by atoms with Gasteiger partial charge in [0.25, 0.3) is 0 Å². The van der Waals surface area contributed by atoms with Crippen molar-refractivity contribution in [3.8, 4) is 22.4 Å². The van der Waals surface area contributed by atoms with Gasteiger partial charge in [-0.2, -0.15) is 0 Å². The molecule has 0 saturated heterocycles. The first-order valence-electron chi connectivity index (χ1n) is 11.2. The summed E-state index contributed by atoms with van der Waals surface area (Å²) in [5.41, 5.74) is 12.7. The molecule has 0 radical (unpaired) electrons. The van der Waals surface area contributed by atoms with E-state index in [0.717, 1.165) is 16.9 Å². The van der Waals surface area contributed by atoms with E-state index in [0.29, 0.717) is 0 Å². The maximum Gasteiger partial charge on any atom is 0.216 e. The second-order valence-corrected chi connectivity index (χ2v) is 9.76. The highest BCUT2D eigenvalue weighted by atomic mass is 16.3. The molecule has 3 heterocycles. The fourth-order valence-corrected chi connectivity index (χ4v) is 5.54. The predicted octanol–water partition coefficient (Wildman–Crippen LogP) is 6.70. The lowest BCUT2D eigenvalue weighted by Gasteiger charge is -2.20. The molecule has 0 unspecified atom stereocenters. The Balaban J connectivity index is 1.73. The minimum Gasteiger partial charge on any atom is -0.455 e. The van der Waals surface area contributed by atoms with Gasteiger partial charge in [0.1, 0.15) is 18.2 Å². The zero-order valence-electron chi connectivity index (χ0n) is 19.5. The molecule has 3 heteroatoms. The van der Waals surface area contributed by atoms with Gasteiger partial charge in [-0.25, -0.2) is 4.57 Å². The number of fused-ring (bicyclic) bond motifs is 7. The van der Waals surface area contributed by atoms with Crippen molar-refractivity contribution < 1.29 is 8.98 Å². The van der Waals surface area contributed by atoms with Crippen molar-refractivity contribution in [2.75, 3.05) is 0 Å². The fraction of sp³-hybridized carbons (Fsp3) is 0.241. The maximum absolute atomic E-state index is 6.81. The molecule has 3 nitrogen and oxygen atoms in total. The molecule has 6 rings (SSSR count). The molecule has 5 aromatic rings. The summed E-state index contributed by atoms with van der Waals surface area (Å²) in [6.07, 6.45) is 4.10. The molecule has 3 aromatic heterocycles. The summed E-state index contributed by atoms with van der Waals surface area (Å²) in [5, 5.41) is 2.34. The van der Waals surface area contributed by atoms with E-state index in [1.54, 1.807) is 0 Å². The van der Waals surface area contributed by atoms with Crippen molar-refractivity contribution >= 4 is 21.9 Å². The second-order valence-electron chi connectivity index (χ2n) is 9.76. The third kappa shape index (κ3) is 2.37. The second kappa shape index (κ2) is 6.29. The van der Waals surface area contributed by atoms with E-state index in [-0.39, 0.29) is 5.41 Å². The fourth-order valence-electron chi connectivity index (χ4n) is 5.54. The van der Waals surface area contributed by atoms with E-state index in [2.05, 4.69) is 88.8 Å². The molecule has 0 fully saturated rings. The number of aromatic nitrogens is 2. The number of rotatable bonds is 1. The van der Waals surface area contributed by atoms with Crippen LogP contribution >= 0.6 is 0 Å². The van der Waals surface area contributed by atoms with Gasteiger partial charge in [-0.3, -0.25) is 4.98 Å². The van der Waals surface area contributed by atoms with Gasteiger partial charge in [-0.15, -0.1) is 0 Å². The summed E-state index contributed by atoms with van der Waals surface area (Å²) in [5.74, 6) is 0. The number of hydrogen-bond acceptors (Lipinski definition) is 2. The summed E-state index contributed by atoms with van der Waals surface area (Å²) < 4.78 is 9.03. The lowest BCUT2D eigenvalue weighted by Crippen LogP contribution is -2.31. The lowest BCUT2D eigenvalue weighted by atomic mass is 9.84. The Kier molecular flexibility index (Phi) is 3.78. The van der Waals surface area contributed by atoms with Crippen LogP contribution in [0.5, 0.6) is 0 Å². The Morgan fingerprint density at radius 1 is 0.844 bits per heavy atom. The van der Waals surface area contributed by atoms with Crippen LogP contribution in [0.4, 0.5) is 0 Å². The molecule has 1 aliphatic rings. The number of furan rings is 1. The summed E-state index contributed by atoms with van der Waals surface area (Å²) in [6, 6.07) is 15.4. The summed E-state index contributed by atoms with van der Waals surface area (Å²) >= 11 is 0. The molecule has 2 aromatic carbocycles. The van der Waals surface area contributed by atoms with Crippen LogP contribution in [0.3, 0.4) is 0 Å².